The van der Waals surface area contributed by atoms with Crippen molar-refractivity contribution in [1.29, 1.82) is 0 Å². The van der Waals surface area contributed by atoms with Gasteiger partial charge in [0.05, 0.1) is 19.6 Å². The molecule has 3 saturated carbocycles. The van der Waals surface area contributed by atoms with Crippen molar-refractivity contribution in [2.45, 2.75) is 95.8 Å². The van der Waals surface area contributed by atoms with E-state index in [-0.39, 0.29) is 73.4 Å². The number of nitrogens with zero attached hydrogens (tertiary/aromatic N) is 1. The average Bonchev–Trinajstić information content (AvgIpc) is 3.47. The maximum absolute atomic E-state index is 13.8. The molecule has 11 nitrogen and oxygen atoms in total. The first-order valence-electron chi connectivity index (χ1n) is 15.0. The number of aliphatic hydroxyl groups is 2. The summed E-state index contributed by atoms with van der Waals surface area (Å²) in [6, 6.07) is -0.923. The van der Waals surface area contributed by atoms with Gasteiger partial charge in [0.15, 0.2) is 12.4 Å². The van der Waals surface area contributed by atoms with Crippen LogP contribution in [0.3, 0.4) is 0 Å². The Labute approximate surface area is 245 Å². The van der Waals surface area contributed by atoms with Gasteiger partial charge in [0.1, 0.15) is 17.4 Å². The summed E-state index contributed by atoms with van der Waals surface area (Å²) in [7, 11) is 1.19. The summed E-state index contributed by atoms with van der Waals surface area (Å²) in [6.07, 6.45) is 3.58. The highest BCUT2D eigenvalue weighted by atomic mass is 16.5. The third kappa shape index (κ3) is 4.82. The summed E-state index contributed by atoms with van der Waals surface area (Å²) < 4.78 is 9.87. The molecule has 4 aliphatic carbocycles. The third-order valence-corrected chi connectivity index (χ3v) is 11.2. The molecule has 1 aliphatic heterocycles. The molecule has 11 heteroatoms. The van der Waals surface area contributed by atoms with Crippen molar-refractivity contribution in [2.75, 3.05) is 20.3 Å². The first-order valence-corrected chi connectivity index (χ1v) is 15.0. The number of aliphatic hydroxyl groups excluding tert-OH is 1. The van der Waals surface area contributed by atoms with Gasteiger partial charge in [0, 0.05) is 43.6 Å². The number of methoxy groups -OCH3 is 1. The molecule has 0 spiro atoms. The van der Waals surface area contributed by atoms with Crippen LogP contribution in [-0.2, 0) is 38.2 Å². The lowest BCUT2D eigenvalue weighted by molar-refractivity contribution is -0.174. The van der Waals surface area contributed by atoms with Gasteiger partial charge in [-0.15, -0.1) is 0 Å². The van der Waals surface area contributed by atoms with Crippen LogP contribution in [0.5, 0.6) is 0 Å². The molecule has 1 amide bonds. The number of esters is 2. The SMILES string of the molecule is COC(=O)[C@@H]1C[C@H](O)CN1C(=O)CCC(=O)OCC(=O)[C@@]1(O)CC[C@@H]2[C@@H]3CCC4=CC(=O)CC[C@]4(C)[C@@H]3C(=O)C[C@@]21C. The number of carbonyl (C=O) groups excluding carboxylic acids is 6. The van der Waals surface area contributed by atoms with Crippen LogP contribution in [0.2, 0.25) is 0 Å². The van der Waals surface area contributed by atoms with E-state index in [0.29, 0.717) is 19.3 Å². The third-order valence-electron chi connectivity index (χ3n) is 11.2. The number of rotatable bonds is 7. The molecule has 4 fully saturated rings. The van der Waals surface area contributed by atoms with Crippen molar-refractivity contribution < 1.29 is 48.5 Å². The molecule has 42 heavy (non-hydrogen) atoms. The Hall–Kier alpha value is -2.92. The van der Waals surface area contributed by atoms with Crippen molar-refractivity contribution >= 4 is 35.2 Å². The van der Waals surface area contributed by atoms with Gasteiger partial charge >= 0.3 is 11.9 Å². The first kappa shape index (κ1) is 30.5. The second-order valence-electron chi connectivity index (χ2n) is 13.4. The monoisotopic (exact) mass is 587 g/mol. The van der Waals surface area contributed by atoms with Crippen molar-refractivity contribution in [3.8, 4) is 0 Å². The van der Waals surface area contributed by atoms with Crippen LogP contribution in [0.1, 0.15) is 78.1 Å². The molecule has 0 unspecified atom stereocenters. The Kier molecular flexibility index (Phi) is 7.98. The van der Waals surface area contributed by atoms with E-state index in [9.17, 15) is 39.0 Å². The van der Waals surface area contributed by atoms with Crippen LogP contribution in [0.15, 0.2) is 11.6 Å². The highest BCUT2D eigenvalue weighted by molar-refractivity contribution is 5.95. The lowest BCUT2D eigenvalue weighted by atomic mass is 9.46. The van der Waals surface area contributed by atoms with Crippen LogP contribution in [0.25, 0.3) is 0 Å². The van der Waals surface area contributed by atoms with Crippen molar-refractivity contribution in [3.63, 3.8) is 0 Å². The van der Waals surface area contributed by atoms with E-state index in [4.69, 9.17) is 9.47 Å². The van der Waals surface area contributed by atoms with E-state index in [0.717, 1.165) is 18.4 Å². The number of hydrogen-bond donors (Lipinski definition) is 2. The minimum Gasteiger partial charge on any atom is -0.467 e. The van der Waals surface area contributed by atoms with Crippen LogP contribution < -0.4 is 0 Å². The van der Waals surface area contributed by atoms with Crippen LogP contribution >= 0.6 is 0 Å². The predicted molar refractivity (Wildman–Crippen MR) is 145 cm³/mol. The topological polar surface area (TPSA) is 165 Å². The molecule has 5 rings (SSSR count). The molecule has 1 heterocycles. The Morgan fingerprint density at radius 1 is 1.07 bits per heavy atom. The summed E-state index contributed by atoms with van der Waals surface area (Å²) >= 11 is 0. The standard InChI is InChI=1S/C31H41NO10/c1-29-10-8-18(33)12-17(29)4-5-20-21-9-11-31(40,30(21,2)14-23(35)27(20)29)24(36)16-42-26(38)7-6-25(37)32-15-19(34)13-22(32)28(39)41-3/h12,19-22,27,34,40H,4-11,13-16H2,1-3H3/t19-,20-,21+,22-,27-,29-,30-,31-/m0/s1. The number of fused-ring (bicyclic) bond motifs is 5. The van der Waals surface area contributed by atoms with Gasteiger partial charge in [0.2, 0.25) is 11.7 Å². The molecule has 0 aromatic heterocycles. The van der Waals surface area contributed by atoms with Crippen molar-refractivity contribution in [2.24, 2.45) is 28.6 Å². The normalized spacial score (nSPS) is 39.1. The molecule has 2 N–H and O–H groups in total. The molecular weight excluding hydrogens is 546 g/mol. The second-order valence-corrected chi connectivity index (χ2v) is 13.4. The summed E-state index contributed by atoms with van der Waals surface area (Å²) in [6.45, 7) is 3.17. The molecule has 8 atom stereocenters. The smallest absolute Gasteiger partial charge is 0.328 e. The number of amides is 1. The van der Waals surface area contributed by atoms with Gasteiger partial charge in [-0.05, 0) is 55.4 Å². The average molecular weight is 588 g/mol. The molecule has 0 aromatic rings. The Morgan fingerprint density at radius 3 is 2.52 bits per heavy atom. The second kappa shape index (κ2) is 11.0. The summed E-state index contributed by atoms with van der Waals surface area (Å²) in [5, 5.41) is 21.7. The van der Waals surface area contributed by atoms with Crippen LogP contribution in [0, 0.1) is 28.6 Å². The Balaban J connectivity index is 1.20. The number of ether oxygens (including phenoxy) is 2. The van der Waals surface area contributed by atoms with E-state index in [2.05, 4.69) is 6.92 Å². The van der Waals surface area contributed by atoms with E-state index in [1.807, 2.05) is 0 Å². The Morgan fingerprint density at radius 2 is 1.81 bits per heavy atom. The number of ketones is 3. The summed E-state index contributed by atoms with van der Waals surface area (Å²) in [5.74, 6) is -2.81. The van der Waals surface area contributed by atoms with Gasteiger partial charge < -0.3 is 24.6 Å². The Bertz CT molecular complexity index is 1240. The maximum atomic E-state index is 13.8. The molecule has 0 bridgehead atoms. The highest BCUT2D eigenvalue weighted by Crippen LogP contribution is 2.66. The predicted octanol–water partition coefficient (Wildman–Crippen LogP) is 1.46. The van der Waals surface area contributed by atoms with E-state index in [1.165, 1.54) is 12.0 Å². The van der Waals surface area contributed by atoms with E-state index >= 15 is 0 Å². The number of carbonyl (C=O) groups is 6. The minimum absolute atomic E-state index is 0.0000822. The molecule has 230 valence electrons. The van der Waals surface area contributed by atoms with E-state index < -0.39 is 53.4 Å². The molecular formula is C31H41NO10. The van der Waals surface area contributed by atoms with Crippen LogP contribution in [-0.4, -0.2) is 88.3 Å². The number of likely N-dealkylation sites (tertiary alicyclic amines) is 1. The zero-order valence-electron chi connectivity index (χ0n) is 24.6. The molecule has 0 radical (unpaired) electrons. The van der Waals surface area contributed by atoms with Crippen LogP contribution in [0.4, 0.5) is 0 Å². The van der Waals surface area contributed by atoms with Crippen molar-refractivity contribution in [1.82, 2.24) is 4.90 Å². The fourth-order valence-corrected chi connectivity index (χ4v) is 8.98. The molecule has 1 saturated heterocycles. The fraction of sp³-hybridized carbons (Fsp3) is 0.742. The largest absolute Gasteiger partial charge is 0.467 e. The fourth-order valence-electron chi connectivity index (χ4n) is 8.98. The molecule has 5 aliphatic rings. The van der Waals surface area contributed by atoms with Gasteiger partial charge in [-0.3, -0.25) is 24.0 Å². The van der Waals surface area contributed by atoms with E-state index in [1.54, 1.807) is 13.0 Å². The maximum Gasteiger partial charge on any atom is 0.328 e. The van der Waals surface area contributed by atoms with Gasteiger partial charge in [-0.25, -0.2) is 4.79 Å². The molecule has 0 aromatic carbocycles. The minimum atomic E-state index is -1.83. The summed E-state index contributed by atoms with van der Waals surface area (Å²) in [5.41, 5.74) is -2.15. The van der Waals surface area contributed by atoms with Gasteiger partial charge in [-0.2, -0.15) is 0 Å². The summed E-state index contributed by atoms with van der Waals surface area (Å²) in [4.78, 5) is 77.5. The van der Waals surface area contributed by atoms with Gasteiger partial charge in [-0.1, -0.05) is 19.4 Å². The zero-order valence-corrected chi connectivity index (χ0v) is 24.6. The first-order chi connectivity index (χ1) is 19.7. The quantitative estimate of drug-likeness (QED) is 0.417. The lowest BCUT2D eigenvalue weighted by Gasteiger charge is -2.57. The lowest BCUT2D eigenvalue weighted by Crippen LogP contribution is -2.61. The number of hydrogen-bond acceptors (Lipinski definition) is 10. The van der Waals surface area contributed by atoms with Gasteiger partial charge in [0.25, 0.3) is 0 Å². The number of Topliss-reactive ketones (excluding diaryl/α,β-unsaturated/α-hetero) is 2. The number of allylic oxidation sites excluding steroid dienone is 1. The highest BCUT2D eigenvalue weighted by Gasteiger charge is 2.68. The number of β-amino-alcohol motifs (C(OH)–C–C–N with tert-alkyl or cyclic N) is 1. The zero-order chi connectivity index (χ0) is 30.6. The van der Waals surface area contributed by atoms with Crippen molar-refractivity contribution in [3.05, 3.63) is 11.6 Å².